The van der Waals surface area contributed by atoms with E-state index in [0.29, 0.717) is 12.0 Å². The van der Waals surface area contributed by atoms with Gasteiger partial charge in [0.25, 0.3) is 0 Å². The Kier molecular flexibility index (Phi) is 4.61. The lowest BCUT2D eigenvalue weighted by molar-refractivity contribution is -0.105. The zero-order chi connectivity index (χ0) is 9.61. The topological polar surface area (TPSA) is 17.1 Å². The lowest BCUT2D eigenvalue weighted by Gasteiger charge is -2.02. The molecule has 0 saturated carbocycles. The molecule has 0 aromatic heterocycles. The SMILES string of the molecule is C=C(C=O)CCC#C[Si](C)(C)C. The Bertz CT molecular complexity index is 224. The van der Waals surface area contributed by atoms with Gasteiger partial charge in [-0.1, -0.05) is 26.2 Å². The number of hydrogen-bond acceptors (Lipinski definition) is 1. The predicted molar refractivity (Wildman–Crippen MR) is 55.6 cm³/mol. The maximum Gasteiger partial charge on any atom is 0.145 e. The fourth-order valence-corrected chi connectivity index (χ4v) is 1.26. The van der Waals surface area contributed by atoms with Gasteiger partial charge in [0.15, 0.2) is 0 Å². The average molecular weight is 180 g/mol. The van der Waals surface area contributed by atoms with E-state index in [1.54, 1.807) is 0 Å². The molecule has 0 aliphatic carbocycles. The molecule has 2 heteroatoms. The fourth-order valence-electron chi connectivity index (χ4n) is 0.610. The van der Waals surface area contributed by atoms with Crippen molar-refractivity contribution in [2.24, 2.45) is 0 Å². The molecule has 0 unspecified atom stereocenters. The first kappa shape index (κ1) is 11.2. The minimum Gasteiger partial charge on any atom is -0.298 e. The van der Waals surface area contributed by atoms with Crippen molar-refractivity contribution in [3.8, 4) is 11.5 Å². The molecule has 1 nitrogen and oxygen atoms in total. The van der Waals surface area contributed by atoms with Crippen LogP contribution in [0, 0.1) is 11.5 Å². The summed E-state index contributed by atoms with van der Waals surface area (Å²) >= 11 is 0. The molecule has 0 aliphatic heterocycles. The molecule has 0 heterocycles. The summed E-state index contributed by atoms with van der Waals surface area (Å²) in [5.74, 6) is 3.08. The van der Waals surface area contributed by atoms with E-state index in [1.807, 2.05) is 0 Å². The third-order valence-electron chi connectivity index (χ3n) is 1.20. The Morgan fingerprint density at radius 1 is 1.50 bits per heavy atom. The summed E-state index contributed by atoms with van der Waals surface area (Å²) in [5.41, 5.74) is 3.87. The molecular formula is C10H16OSi. The number of aldehydes is 1. The molecule has 0 N–H and O–H groups in total. The van der Waals surface area contributed by atoms with Crippen LogP contribution in [0.2, 0.25) is 19.6 Å². The van der Waals surface area contributed by atoms with E-state index >= 15 is 0 Å². The maximum atomic E-state index is 10.2. The van der Waals surface area contributed by atoms with Crippen LogP contribution in [0.25, 0.3) is 0 Å². The first-order valence-electron chi connectivity index (χ1n) is 4.09. The van der Waals surface area contributed by atoms with E-state index in [9.17, 15) is 4.79 Å². The van der Waals surface area contributed by atoms with Crippen LogP contribution in [0.5, 0.6) is 0 Å². The molecule has 0 spiro atoms. The molecule has 0 aromatic carbocycles. The summed E-state index contributed by atoms with van der Waals surface area (Å²) < 4.78 is 0. The smallest absolute Gasteiger partial charge is 0.145 e. The molecule has 0 bridgehead atoms. The standard InChI is InChI=1S/C10H16OSi/c1-10(9-11)7-5-6-8-12(2,3)4/h9H,1,5,7H2,2-4H3. The van der Waals surface area contributed by atoms with E-state index in [0.717, 1.165) is 12.7 Å². The summed E-state index contributed by atoms with van der Waals surface area (Å²) in [6.07, 6.45) is 2.28. The van der Waals surface area contributed by atoms with Crippen molar-refractivity contribution < 1.29 is 4.79 Å². The maximum absolute atomic E-state index is 10.2. The third kappa shape index (κ3) is 7.30. The summed E-state index contributed by atoms with van der Waals surface area (Å²) in [4.78, 5) is 10.2. The van der Waals surface area contributed by atoms with Gasteiger partial charge in [0, 0.05) is 6.42 Å². The van der Waals surface area contributed by atoms with E-state index in [2.05, 4.69) is 37.7 Å². The van der Waals surface area contributed by atoms with Crippen LogP contribution in [-0.2, 0) is 4.79 Å². The zero-order valence-corrected chi connectivity index (χ0v) is 9.11. The molecule has 0 amide bonds. The highest BCUT2D eigenvalue weighted by atomic mass is 28.3. The molecule has 0 radical (unpaired) electrons. The number of rotatable bonds is 3. The van der Waals surface area contributed by atoms with Gasteiger partial charge >= 0.3 is 0 Å². The Morgan fingerprint density at radius 2 is 2.08 bits per heavy atom. The minimum atomic E-state index is -1.22. The van der Waals surface area contributed by atoms with Crippen molar-refractivity contribution in [1.29, 1.82) is 0 Å². The highest BCUT2D eigenvalue weighted by molar-refractivity contribution is 6.83. The van der Waals surface area contributed by atoms with Crippen LogP contribution in [-0.4, -0.2) is 14.4 Å². The van der Waals surface area contributed by atoms with E-state index in [4.69, 9.17) is 0 Å². The van der Waals surface area contributed by atoms with Crippen LogP contribution < -0.4 is 0 Å². The predicted octanol–water partition coefficient (Wildman–Crippen LogP) is 2.40. The van der Waals surface area contributed by atoms with Gasteiger partial charge < -0.3 is 0 Å². The largest absolute Gasteiger partial charge is 0.298 e. The first-order valence-corrected chi connectivity index (χ1v) is 7.59. The Hall–Kier alpha value is -0.813. The second-order valence-corrected chi connectivity index (χ2v) is 8.58. The highest BCUT2D eigenvalue weighted by Crippen LogP contribution is 2.00. The Labute approximate surface area is 75.9 Å². The third-order valence-corrected chi connectivity index (χ3v) is 2.13. The Morgan fingerprint density at radius 3 is 2.50 bits per heavy atom. The van der Waals surface area contributed by atoms with Crippen molar-refractivity contribution in [3.05, 3.63) is 12.2 Å². The van der Waals surface area contributed by atoms with Crippen molar-refractivity contribution >= 4 is 14.4 Å². The number of allylic oxidation sites excluding steroid dienone is 1. The van der Waals surface area contributed by atoms with Gasteiger partial charge in [-0.05, 0) is 12.0 Å². The zero-order valence-electron chi connectivity index (χ0n) is 8.11. The fraction of sp³-hybridized carbons (Fsp3) is 0.500. The molecule has 12 heavy (non-hydrogen) atoms. The Balaban J connectivity index is 3.74. The van der Waals surface area contributed by atoms with Crippen LogP contribution in [0.3, 0.4) is 0 Å². The highest BCUT2D eigenvalue weighted by Gasteiger charge is 2.06. The van der Waals surface area contributed by atoms with Crippen molar-refractivity contribution in [1.82, 2.24) is 0 Å². The lowest BCUT2D eigenvalue weighted by Crippen LogP contribution is -2.16. The molecule has 0 aliphatic rings. The van der Waals surface area contributed by atoms with Crippen LogP contribution in [0.1, 0.15) is 12.8 Å². The van der Waals surface area contributed by atoms with Crippen LogP contribution >= 0.6 is 0 Å². The van der Waals surface area contributed by atoms with E-state index in [-0.39, 0.29) is 0 Å². The number of hydrogen-bond donors (Lipinski definition) is 0. The van der Waals surface area contributed by atoms with Crippen LogP contribution in [0.4, 0.5) is 0 Å². The summed E-state index contributed by atoms with van der Waals surface area (Å²) in [7, 11) is -1.22. The normalized spacial score (nSPS) is 9.92. The molecule has 0 atom stereocenters. The summed E-state index contributed by atoms with van der Waals surface area (Å²) in [5, 5.41) is 0. The number of carbonyl (C=O) groups is 1. The van der Waals surface area contributed by atoms with Gasteiger partial charge in [-0.3, -0.25) is 4.79 Å². The van der Waals surface area contributed by atoms with Gasteiger partial charge in [-0.25, -0.2) is 0 Å². The second kappa shape index (κ2) is 4.94. The molecule has 0 aromatic rings. The van der Waals surface area contributed by atoms with Gasteiger partial charge in [-0.2, -0.15) is 0 Å². The van der Waals surface area contributed by atoms with Gasteiger partial charge in [0.1, 0.15) is 14.4 Å². The summed E-state index contributed by atoms with van der Waals surface area (Å²) in [6, 6.07) is 0. The van der Waals surface area contributed by atoms with Gasteiger partial charge in [0.05, 0.1) is 0 Å². The molecule has 0 rings (SSSR count). The molecule has 66 valence electrons. The molecular weight excluding hydrogens is 164 g/mol. The van der Waals surface area contributed by atoms with E-state index in [1.165, 1.54) is 0 Å². The second-order valence-electron chi connectivity index (χ2n) is 3.83. The number of carbonyl (C=O) groups excluding carboxylic acids is 1. The minimum absolute atomic E-state index is 0.639. The lowest BCUT2D eigenvalue weighted by atomic mass is 10.2. The van der Waals surface area contributed by atoms with E-state index < -0.39 is 8.07 Å². The van der Waals surface area contributed by atoms with Crippen molar-refractivity contribution in [3.63, 3.8) is 0 Å². The van der Waals surface area contributed by atoms with Crippen molar-refractivity contribution in [2.45, 2.75) is 32.5 Å². The van der Waals surface area contributed by atoms with Gasteiger partial charge in [-0.15, -0.1) is 11.5 Å². The van der Waals surface area contributed by atoms with Gasteiger partial charge in [0.2, 0.25) is 0 Å². The molecule has 0 fully saturated rings. The van der Waals surface area contributed by atoms with Crippen LogP contribution in [0.15, 0.2) is 12.2 Å². The quantitative estimate of drug-likeness (QED) is 0.282. The first-order chi connectivity index (χ1) is 5.45. The van der Waals surface area contributed by atoms with Crippen molar-refractivity contribution in [2.75, 3.05) is 0 Å². The molecule has 0 saturated heterocycles. The summed E-state index contributed by atoms with van der Waals surface area (Å²) in [6.45, 7) is 10.2. The average Bonchev–Trinajstić information content (AvgIpc) is 1.96. The monoisotopic (exact) mass is 180 g/mol.